The number of rotatable bonds is 1. The van der Waals surface area contributed by atoms with Gasteiger partial charge in [0.05, 0.1) is 6.10 Å². The highest BCUT2D eigenvalue weighted by molar-refractivity contribution is 7.10. The van der Waals surface area contributed by atoms with Crippen LogP contribution in [0, 0.1) is 0 Å². The van der Waals surface area contributed by atoms with Gasteiger partial charge in [0.15, 0.2) is 0 Å². The zero-order valence-electron chi connectivity index (χ0n) is 10.4. The van der Waals surface area contributed by atoms with E-state index in [9.17, 15) is 5.11 Å². The molecule has 3 rings (SSSR count). The van der Waals surface area contributed by atoms with E-state index >= 15 is 0 Å². The monoisotopic (exact) mass is 251 g/mol. The molecule has 94 valence electrons. The zero-order chi connectivity index (χ0) is 11.8. The quantitative estimate of drug-likeness (QED) is 0.829. The number of hydrogen-bond donors (Lipinski definition) is 1. The third kappa shape index (κ3) is 2.05. The molecular formula is C14H21NOS. The Hall–Kier alpha value is -0.380. The van der Waals surface area contributed by atoms with E-state index in [1.54, 1.807) is 4.88 Å². The van der Waals surface area contributed by atoms with E-state index in [1.165, 1.54) is 31.2 Å². The molecule has 0 aromatic carbocycles. The van der Waals surface area contributed by atoms with E-state index in [-0.39, 0.29) is 6.10 Å². The van der Waals surface area contributed by atoms with Crippen LogP contribution in [0.15, 0.2) is 11.4 Å². The molecule has 0 spiro atoms. The predicted octanol–water partition coefficient (Wildman–Crippen LogP) is 2.97. The van der Waals surface area contributed by atoms with E-state index in [1.807, 2.05) is 11.3 Å². The Morgan fingerprint density at radius 2 is 2.18 bits per heavy atom. The van der Waals surface area contributed by atoms with Gasteiger partial charge in [0.2, 0.25) is 0 Å². The lowest BCUT2D eigenvalue weighted by Crippen LogP contribution is -2.48. The molecule has 1 N–H and O–H groups in total. The molecule has 1 fully saturated rings. The van der Waals surface area contributed by atoms with E-state index in [0.29, 0.717) is 12.1 Å². The van der Waals surface area contributed by atoms with Crippen LogP contribution in [-0.4, -0.2) is 28.7 Å². The number of nitrogens with zero attached hydrogens (tertiary/aromatic N) is 1. The highest BCUT2D eigenvalue weighted by Gasteiger charge is 2.34. The fourth-order valence-corrected chi connectivity index (χ4v) is 4.42. The maximum Gasteiger partial charge on any atom is 0.0695 e. The molecule has 3 atom stereocenters. The van der Waals surface area contributed by atoms with Crippen LogP contribution >= 0.6 is 11.3 Å². The first-order valence-electron chi connectivity index (χ1n) is 6.77. The average molecular weight is 251 g/mol. The summed E-state index contributed by atoms with van der Waals surface area (Å²) in [6.45, 7) is 3.42. The fraction of sp³-hybridized carbons (Fsp3) is 0.714. The van der Waals surface area contributed by atoms with Crippen LogP contribution in [0.3, 0.4) is 0 Å². The lowest BCUT2D eigenvalue weighted by molar-refractivity contribution is -0.00189. The zero-order valence-corrected chi connectivity index (χ0v) is 11.2. The predicted molar refractivity (Wildman–Crippen MR) is 71.4 cm³/mol. The van der Waals surface area contributed by atoms with Gasteiger partial charge in [0.1, 0.15) is 0 Å². The van der Waals surface area contributed by atoms with E-state index in [0.717, 1.165) is 13.0 Å². The van der Waals surface area contributed by atoms with E-state index in [2.05, 4.69) is 23.3 Å². The first-order valence-corrected chi connectivity index (χ1v) is 7.65. The van der Waals surface area contributed by atoms with Crippen LogP contribution in [-0.2, 0) is 6.42 Å². The van der Waals surface area contributed by atoms with E-state index < -0.39 is 0 Å². The molecule has 17 heavy (non-hydrogen) atoms. The van der Waals surface area contributed by atoms with Crippen molar-refractivity contribution in [3.8, 4) is 0 Å². The summed E-state index contributed by atoms with van der Waals surface area (Å²) in [6.07, 6.45) is 5.70. The van der Waals surface area contributed by atoms with Crippen molar-refractivity contribution in [2.24, 2.45) is 0 Å². The van der Waals surface area contributed by atoms with Crippen molar-refractivity contribution in [1.29, 1.82) is 0 Å². The highest BCUT2D eigenvalue weighted by Crippen LogP contribution is 2.37. The van der Waals surface area contributed by atoms with Gasteiger partial charge in [-0.3, -0.25) is 4.90 Å². The molecule has 1 aromatic rings. The second-order valence-electron chi connectivity index (χ2n) is 5.38. The minimum absolute atomic E-state index is 0.105. The van der Waals surface area contributed by atoms with Crippen LogP contribution in [0.25, 0.3) is 0 Å². The maximum absolute atomic E-state index is 10.2. The molecule has 1 aromatic heterocycles. The largest absolute Gasteiger partial charge is 0.391 e. The minimum atomic E-state index is -0.105. The molecule has 1 saturated carbocycles. The third-order valence-corrected chi connectivity index (χ3v) is 5.44. The highest BCUT2D eigenvalue weighted by atomic mass is 32.1. The molecule has 0 saturated heterocycles. The van der Waals surface area contributed by atoms with Gasteiger partial charge in [-0.1, -0.05) is 12.8 Å². The topological polar surface area (TPSA) is 23.5 Å². The van der Waals surface area contributed by atoms with Crippen molar-refractivity contribution < 1.29 is 5.11 Å². The maximum atomic E-state index is 10.2. The van der Waals surface area contributed by atoms with Crippen molar-refractivity contribution in [2.45, 2.75) is 57.2 Å². The molecule has 0 amide bonds. The van der Waals surface area contributed by atoms with Crippen LogP contribution in [0.5, 0.6) is 0 Å². The molecular weight excluding hydrogens is 230 g/mol. The summed E-state index contributed by atoms with van der Waals surface area (Å²) in [5, 5.41) is 12.4. The van der Waals surface area contributed by atoms with Crippen molar-refractivity contribution in [3.63, 3.8) is 0 Å². The Morgan fingerprint density at radius 3 is 3.00 bits per heavy atom. The van der Waals surface area contributed by atoms with Crippen LogP contribution in [0.1, 0.15) is 49.1 Å². The second-order valence-corrected chi connectivity index (χ2v) is 6.38. The van der Waals surface area contributed by atoms with Gasteiger partial charge < -0.3 is 5.11 Å². The second kappa shape index (κ2) is 4.71. The fourth-order valence-electron chi connectivity index (χ4n) is 3.46. The number of aliphatic hydroxyl groups is 1. The summed E-state index contributed by atoms with van der Waals surface area (Å²) >= 11 is 1.89. The third-order valence-electron chi connectivity index (χ3n) is 4.44. The number of fused-ring (bicyclic) bond motifs is 1. The normalized spacial score (nSPS) is 34.6. The Bertz CT molecular complexity index is 389. The van der Waals surface area contributed by atoms with Crippen molar-refractivity contribution >= 4 is 11.3 Å². The van der Waals surface area contributed by atoms with Crippen LogP contribution in [0.2, 0.25) is 0 Å². The molecule has 3 unspecified atom stereocenters. The van der Waals surface area contributed by atoms with Gasteiger partial charge in [0, 0.05) is 23.5 Å². The average Bonchev–Trinajstić information content (AvgIpc) is 2.80. The minimum Gasteiger partial charge on any atom is -0.391 e. The molecule has 2 aliphatic rings. The van der Waals surface area contributed by atoms with Crippen LogP contribution < -0.4 is 0 Å². The van der Waals surface area contributed by atoms with Gasteiger partial charge in [-0.2, -0.15) is 0 Å². The summed E-state index contributed by atoms with van der Waals surface area (Å²) in [7, 11) is 0. The van der Waals surface area contributed by atoms with Crippen molar-refractivity contribution in [2.75, 3.05) is 6.54 Å². The van der Waals surface area contributed by atoms with Gasteiger partial charge in [-0.05, 0) is 43.2 Å². The summed E-state index contributed by atoms with van der Waals surface area (Å²) in [5.41, 5.74) is 1.50. The smallest absolute Gasteiger partial charge is 0.0695 e. The van der Waals surface area contributed by atoms with Crippen LogP contribution in [0.4, 0.5) is 0 Å². The Labute approximate surface area is 107 Å². The molecule has 2 heterocycles. The first-order chi connectivity index (χ1) is 8.27. The number of aliphatic hydroxyl groups excluding tert-OH is 1. The molecule has 1 aliphatic carbocycles. The standard InChI is InChI=1S/C14H21NOS/c1-10-11-7-9-17-14(11)6-8-15(10)12-4-2-3-5-13(12)16/h7,9-10,12-13,16H,2-6,8H2,1H3. The Morgan fingerprint density at radius 1 is 1.35 bits per heavy atom. The molecule has 0 radical (unpaired) electrons. The SMILES string of the molecule is CC1c2ccsc2CCN1C1CCCCC1O. The lowest BCUT2D eigenvalue weighted by atomic mass is 9.88. The molecule has 2 nitrogen and oxygen atoms in total. The Kier molecular flexibility index (Phi) is 3.24. The first kappa shape index (κ1) is 11.7. The molecule has 3 heteroatoms. The molecule has 1 aliphatic heterocycles. The summed E-state index contributed by atoms with van der Waals surface area (Å²) in [5.74, 6) is 0. The number of hydrogen-bond acceptors (Lipinski definition) is 3. The van der Waals surface area contributed by atoms with Gasteiger partial charge >= 0.3 is 0 Å². The summed E-state index contributed by atoms with van der Waals surface area (Å²) < 4.78 is 0. The Balaban J connectivity index is 1.81. The summed E-state index contributed by atoms with van der Waals surface area (Å²) in [4.78, 5) is 4.10. The number of thiophene rings is 1. The van der Waals surface area contributed by atoms with Crippen molar-refractivity contribution in [1.82, 2.24) is 4.90 Å². The molecule has 0 bridgehead atoms. The van der Waals surface area contributed by atoms with Gasteiger partial charge in [-0.15, -0.1) is 11.3 Å². The van der Waals surface area contributed by atoms with Gasteiger partial charge in [0.25, 0.3) is 0 Å². The van der Waals surface area contributed by atoms with E-state index in [4.69, 9.17) is 0 Å². The van der Waals surface area contributed by atoms with Gasteiger partial charge in [-0.25, -0.2) is 0 Å². The lowest BCUT2D eigenvalue weighted by Gasteiger charge is -2.43. The van der Waals surface area contributed by atoms with Crippen molar-refractivity contribution in [3.05, 3.63) is 21.9 Å². The summed E-state index contributed by atoms with van der Waals surface area (Å²) in [6, 6.07) is 3.15.